The molecule has 1 aromatic heterocycles. The summed E-state index contributed by atoms with van der Waals surface area (Å²) in [5.41, 5.74) is 1.72. The van der Waals surface area contributed by atoms with Crippen molar-refractivity contribution in [1.82, 2.24) is 24.7 Å². The highest BCUT2D eigenvalue weighted by molar-refractivity contribution is 5.78. The molecular formula is C20H31N5O2. The van der Waals surface area contributed by atoms with Gasteiger partial charge in [-0.05, 0) is 40.3 Å². The fourth-order valence-corrected chi connectivity index (χ4v) is 4.17. The van der Waals surface area contributed by atoms with Crippen molar-refractivity contribution in [3.63, 3.8) is 0 Å². The van der Waals surface area contributed by atoms with Gasteiger partial charge in [0, 0.05) is 50.6 Å². The standard InChI is InChI=1S/C20H31N5O2/c1-16-11-22-17(12-21-16)13-25-15-20(8-5-18(25)26)7-4-9-24(14-20)19(27)6-10-23(2)3/h11-12H,4-10,13-15H2,1-3H3/t20-/m0/s1. The van der Waals surface area contributed by atoms with E-state index in [-0.39, 0.29) is 17.2 Å². The molecule has 2 fully saturated rings. The van der Waals surface area contributed by atoms with Crippen LogP contribution in [0.4, 0.5) is 0 Å². The van der Waals surface area contributed by atoms with Crippen LogP contribution in [0.1, 0.15) is 43.5 Å². The van der Waals surface area contributed by atoms with Gasteiger partial charge >= 0.3 is 0 Å². The van der Waals surface area contributed by atoms with Crippen LogP contribution in [0.5, 0.6) is 0 Å². The van der Waals surface area contributed by atoms with E-state index in [0.717, 1.165) is 50.3 Å². The highest BCUT2D eigenvalue weighted by atomic mass is 16.2. The van der Waals surface area contributed by atoms with Crippen molar-refractivity contribution in [2.24, 2.45) is 5.41 Å². The first-order chi connectivity index (χ1) is 12.9. The van der Waals surface area contributed by atoms with E-state index < -0.39 is 0 Å². The molecule has 0 saturated carbocycles. The Labute approximate surface area is 161 Å². The number of aryl methyl sites for hydroxylation is 1. The predicted molar refractivity (Wildman–Crippen MR) is 103 cm³/mol. The maximum Gasteiger partial charge on any atom is 0.223 e. The number of piperidine rings is 2. The molecule has 1 spiro atoms. The van der Waals surface area contributed by atoms with Crippen LogP contribution < -0.4 is 0 Å². The summed E-state index contributed by atoms with van der Waals surface area (Å²) < 4.78 is 0. The number of amides is 2. The third-order valence-electron chi connectivity index (χ3n) is 5.72. The van der Waals surface area contributed by atoms with Gasteiger partial charge in [0.05, 0.1) is 24.1 Å². The lowest BCUT2D eigenvalue weighted by atomic mass is 9.73. The number of likely N-dealkylation sites (tertiary alicyclic amines) is 2. The molecule has 2 saturated heterocycles. The molecule has 3 heterocycles. The molecule has 0 aliphatic carbocycles. The van der Waals surface area contributed by atoms with Crippen LogP contribution in [0.3, 0.4) is 0 Å². The Morgan fingerprint density at radius 2 is 2.04 bits per heavy atom. The van der Waals surface area contributed by atoms with E-state index in [1.54, 1.807) is 12.4 Å². The summed E-state index contributed by atoms with van der Waals surface area (Å²) in [6.07, 6.45) is 7.57. The van der Waals surface area contributed by atoms with Crippen molar-refractivity contribution < 1.29 is 9.59 Å². The third kappa shape index (κ3) is 5.03. The molecular weight excluding hydrogens is 342 g/mol. The maximum absolute atomic E-state index is 12.6. The Morgan fingerprint density at radius 1 is 1.22 bits per heavy atom. The summed E-state index contributed by atoms with van der Waals surface area (Å²) in [4.78, 5) is 39.7. The lowest BCUT2D eigenvalue weighted by Gasteiger charge is -2.48. The Hall–Kier alpha value is -2.02. The minimum absolute atomic E-state index is 0.0259. The molecule has 2 aliphatic rings. The van der Waals surface area contributed by atoms with E-state index in [2.05, 4.69) is 9.97 Å². The van der Waals surface area contributed by atoms with Gasteiger partial charge in [-0.25, -0.2) is 0 Å². The quantitative estimate of drug-likeness (QED) is 0.782. The van der Waals surface area contributed by atoms with E-state index in [4.69, 9.17) is 0 Å². The lowest BCUT2D eigenvalue weighted by molar-refractivity contribution is -0.143. The van der Waals surface area contributed by atoms with Gasteiger partial charge in [0.2, 0.25) is 11.8 Å². The zero-order valence-electron chi connectivity index (χ0n) is 16.8. The molecule has 0 unspecified atom stereocenters. The van der Waals surface area contributed by atoms with Crippen molar-refractivity contribution in [3.05, 3.63) is 23.8 Å². The Balaban J connectivity index is 1.65. The molecule has 2 amide bonds. The summed E-state index contributed by atoms with van der Waals surface area (Å²) in [5.74, 6) is 0.412. The maximum atomic E-state index is 12.6. The highest BCUT2D eigenvalue weighted by Gasteiger charge is 2.42. The summed E-state index contributed by atoms with van der Waals surface area (Å²) in [5, 5.41) is 0. The Bertz CT molecular complexity index is 675. The second kappa shape index (κ2) is 8.33. The second-order valence-electron chi connectivity index (χ2n) is 8.37. The van der Waals surface area contributed by atoms with Crippen molar-refractivity contribution in [2.45, 2.75) is 45.6 Å². The van der Waals surface area contributed by atoms with Crippen molar-refractivity contribution >= 4 is 11.8 Å². The van der Waals surface area contributed by atoms with Gasteiger partial charge < -0.3 is 14.7 Å². The number of hydrogen-bond donors (Lipinski definition) is 0. The van der Waals surface area contributed by atoms with Crippen LogP contribution in [0, 0.1) is 12.3 Å². The molecule has 0 bridgehead atoms. The summed E-state index contributed by atoms with van der Waals surface area (Å²) in [6.45, 7) is 5.50. The highest BCUT2D eigenvalue weighted by Crippen LogP contribution is 2.39. The molecule has 7 nitrogen and oxygen atoms in total. The van der Waals surface area contributed by atoms with E-state index >= 15 is 0 Å². The van der Waals surface area contributed by atoms with Gasteiger partial charge in [-0.2, -0.15) is 0 Å². The molecule has 148 valence electrons. The zero-order valence-corrected chi connectivity index (χ0v) is 16.8. The van der Waals surface area contributed by atoms with Crippen LogP contribution in [0.25, 0.3) is 0 Å². The zero-order chi connectivity index (χ0) is 19.4. The van der Waals surface area contributed by atoms with E-state index in [9.17, 15) is 9.59 Å². The average molecular weight is 374 g/mol. The number of nitrogens with zero attached hydrogens (tertiary/aromatic N) is 5. The van der Waals surface area contributed by atoms with Gasteiger partial charge in [0.15, 0.2) is 0 Å². The predicted octanol–water partition coefficient (Wildman–Crippen LogP) is 1.47. The monoisotopic (exact) mass is 373 g/mol. The summed E-state index contributed by atoms with van der Waals surface area (Å²) in [7, 11) is 3.98. The number of rotatable bonds is 5. The first-order valence-electron chi connectivity index (χ1n) is 9.85. The van der Waals surface area contributed by atoms with Gasteiger partial charge in [-0.1, -0.05) is 0 Å². The number of hydrogen-bond acceptors (Lipinski definition) is 5. The van der Waals surface area contributed by atoms with Crippen molar-refractivity contribution in [3.8, 4) is 0 Å². The minimum Gasteiger partial charge on any atom is -0.342 e. The lowest BCUT2D eigenvalue weighted by Crippen LogP contribution is -2.55. The van der Waals surface area contributed by atoms with Crippen molar-refractivity contribution in [1.29, 1.82) is 0 Å². The molecule has 0 radical (unpaired) electrons. The fourth-order valence-electron chi connectivity index (χ4n) is 4.17. The molecule has 0 N–H and O–H groups in total. The first kappa shape index (κ1) is 19.7. The summed E-state index contributed by atoms with van der Waals surface area (Å²) >= 11 is 0. The molecule has 0 aromatic carbocycles. The molecule has 7 heteroatoms. The number of carbonyl (C=O) groups is 2. The van der Waals surface area contributed by atoms with E-state index in [1.807, 2.05) is 35.7 Å². The molecule has 3 rings (SSSR count). The molecule has 1 atom stereocenters. The van der Waals surface area contributed by atoms with E-state index in [0.29, 0.717) is 25.9 Å². The summed E-state index contributed by atoms with van der Waals surface area (Å²) in [6, 6.07) is 0. The SMILES string of the molecule is Cc1cnc(CN2C[C@@]3(CCCN(C(=O)CCN(C)C)C3)CCC2=O)cn1. The van der Waals surface area contributed by atoms with E-state index in [1.165, 1.54) is 0 Å². The third-order valence-corrected chi connectivity index (χ3v) is 5.72. The largest absolute Gasteiger partial charge is 0.342 e. The average Bonchev–Trinajstić information content (AvgIpc) is 2.65. The van der Waals surface area contributed by atoms with Crippen LogP contribution >= 0.6 is 0 Å². The van der Waals surface area contributed by atoms with Crippen LogP contribution in [-0.4, -0.2) is 76.8 Å². The van der Waals surface area contributed by atoms with Crippen LogP contribution in [0.2, 0.25) is 0 Å². The van der Waals surface area contributed by atoms with Crippen LogP contribution in [0.15, 0.2) is 12.4 Å². The van der Waals surface area contributed by atoms with Crippen LogP contribution in [-0.2, 0) is 16.1 Å². The number of carbonyl (C=O) groups excluding carboxylic acids is 2. The Kier molecular flexibility index (Phi) is 6.09. The second-order valence-corrected chi connectivity index (χ2v) is 8.37. The molecule has 1 aromatic rings. The normalized spacial score (nSPS) is 23.3. The fraction of sp³-hybridized carbons (Fsp3) is 0.700. The number of aromatic nitrogens is 2. The van der Waals surface area contributed by atoms with Gasteiger partial charge in [0.1, 0.15) is 0 Å². The smallest absolute Gasteiger partial charge is 0.223 e. The van der Waals surface area contributed by atoms with Gasteiger partial charge in [-0.15, -0.1) is 0 Å². The molecule has 27 heavy (non-hydrogen) atoms. The first-order valence-corrected chi connectivity index (χ1v) is 9.85. The van der Waals surface area contributed by atoms with Gasteiger partial charge in [-0.3, -0.25) is 19.6 Å². The van der Waals surface area contributed by atoms with Crippen molar-refractivity contribution in [2.75, 3.05) is 40.3 Å². The topological polar surface area (TPSA) is 69.6 Å². The molecule has 2 aliphatic heterocycles. The minimum atomic E-state index is 0.0259. The van der Waals surface area contributed by atoms with Gasteiger partial charge in [0.25, 0.3) is 0 Å². The Morgan fingerprint density at radius 3 is 2.74 bits per heavy atom.